The van der Waals surface area contributed by atoms with Crippen LogP contribution in [-0.2, 0) is 13.5 Å². The van der Waals surface area contributed by atoms with Crippen LogP contribution in [0.25, 0.3) is 0 Å². The van der Waals surface area contributed by atoms with Gasteiger partial charge in [0.2, 0.25) is 0 Å². The predicted octanol–water partition coefficient (Wildman–Crippen LogP) is 2.44. The number of amides is 2. The number of urea groups is 1. The molecule has 2 atom stereocenters. The van der Waals surface area contributed by atoms with Crippen molar-refractivity contribution < 1.29 is 9.90 Å². The molecule has 0 aliphatic heterocycles. The van der Waals surface area contributed by atoms with Crippen LogP contribution in [0.4, 0.5) is 10.6 Å². The molecular formula is C16H28N4O2. The fraction of sp³-hybridized carbons (Fsp3) is 0.750. The molecule has 1 aromatic heterocycles. The van der Waals surface area contributed by atoms with E-state index in [2.05, 4.69) is 15.7 Å². The van der Waals surface area contributed by atoms with Gasteiger partial charge in [-0.05, 0) is 38.0 Å². The second-order valence-electron chi connectivity index (χ2n) is 6.13. The first-order valence-electron chi connectivity index (χ1n) is 8.36. The molecule has 6 nitrogen and oxygen atoms in total. The van der Waals surface area contributed by atoms with E-state index in [1.54, 1.807) is 4.68 Å². The van der Waals surface area contributed by atoms with Gasteiger partial charge in [0.1, 0.15) is 5.82 Å². The summed E-state index contributed by atoms with van der Waals surface area (Å²) < 4.78 is 1.68. The Balaban J connectivity index is 1.66. The van der Waals surface area contributed by atoms with Crippen molar-refractivity contribution in [1.29, 1.82) is 0 Å². The highest BCUT2D eigenvalue weighted by molar-refractivity contribution is 5.88. The van der Waals surface area contributed by atoms with Gasteiger partial charge in [-0.3, -0.25) is 10.00 Å². The number of hydrogen-bond acceptors (Lipinski definition) is 3. The average Bonchev–Trinajstić information content (AvgIpc) is 2.85. The van der Waals surface area contributed by atoms with Gasteiger partial charge < -0.3 is 10.4 Å². The van der Waals surface area contributed by atoms with Crippen LogP contribution >= 0.6 is 0 Å². The third-order valence-corrected chi connectivity index (χ3v) is 4.44. The largest absolute Gasteiger partial charge is 0.393 e. The fourth-order valence-electron chi connectivity index (χ4n) is 3.07. The minimum atomic E-state index is -0.199. The van der Waals surface area contributed by atoms with Crippen molar-refractivity contribution in [3.8, 4) is 0 Å². The van der Waals surface area contributed by atoms with Crippen LogP contribution in [-0.4, -0.2) is 33.6 Å². The highest BCUT2D eigenvalue weighted by Gasteiger charge is 2.22. The van der Waals surface area contributed by atoms with Gasteiger partial charge in [-0.2, -0.15) is 5.10 Å². The molecule has 0 aromatic carbocycles. The van der Waals surface area contributed by atoms with Crippen LogP contribution in [0, 0.1) is 5.92 Å². The number of aliphatic hydroxyl groups excluding tert-OH is 1. The quantitative estimate of drug-likeness (QED) is 0.706. The summed E-state index contributed by atoms with van der Waals surface area (Å²) in [5, 5.41) is 19.9. The number of aliphatic hydroxyl groups is 1. The molecular weight excluding hydrogens is 280 g/mol. The summed E-state index contributed by atoms with van der Waals surface area (Å²) in [7, 11) is 1.82. The molecule has 0 radical (unpaired) electrons. The van der Waals surface area contributed by atoms with Crippen LogP contribution in [0.5, 0.6) is 0 Å². The maximum atomic E-state index is 11.9. The Morgan fingerprint density at radius 2 is 2.23 bits per heavy atom. The van der Waals surface area contributed by atoms with Gasteiger partial charge in [-0.25, -0.2) is 4.79 Å². The lowest BCUT2D eigenvalue weighted by molar-refractivity contribution is 0.0644. The van der Waals surface area contributed by atoms with E-state index in [0.717, 1.165) is 44.2 Å². The van der Waals surface area contributed by atoms with E-state index < -0.39 is 0 Å². The second-order valence-corrected chi connectivity index (χ2v) is 6.13. The number of nitrogens with one attached hydrogen (secondary N) is 2. The average molecular weight is 308 g/mol. The molecule has 2 amide bonds. The Morgan fingerprint density at radius 1 is 1.45 bits per heavy atom. The summed E-state index contributed by atoms with van der Waals surface area (Å²) in [6, 6.07) is 1.69. The minimum Gasteiger partial charge on any atom is -0.393 e. The van der Waals surface area contributed by atoms with Crippen LogP contribution in [0.15, 0.2) is 6.07 Å². The SMILES string of the molecule is CCc1cc(NC(=O)NCCCC2CCCCC2O)n(C)n1. The molecule has 1 heterocycles. The third kappa shape index (κ3) is 4.73. The molecule has 0 bridgehead atoms. The molecule has 1 fully saturated rings. The highest BCUT2D eigenvalue weighted by atomic mass is 16.3. The van der Waals surface area contributed by atoms with Crippen LogP contribution in [0.1, 0.15) is 51.1 Å². The summed E-state index contributed by atoms with van der Waals surface area (Å²) in [5.41, 5.74) is 0.962. The van der Waals surface area contributed by atoms with Crippen molar-refractivity contribution in [1.82, 2.24) is 15.1 Å². The molecule has 0 spiro atoms. The van der Waals surface area contributed by atoms with Gasteiger partial charge >= 0.3 is 6.03 Å². The first-order valence-corrected chi connectivity index (χ1v) is 8.36. The lowest BCUT2D eigenvalue weighted by Crippen LogP contribution is -2.31. The lowest BCUT2D eigenvalue weighted by Gasteiger charge is -2.27. The Labute approximate surface area is 132 Å². The van der Waals surface area contributed by atoms with E-state index >= 15 is 0 Å². The van der Waals surface area contributed by atoms with E-state index in [-0.39, 0.29) is 12.1 Å². The number of carbonyl (C=O) groups is 1. The Morgan fingerprint density at radius 3 is 2.91 bits per heavy atom. The third-order valence-electron chi connectivity index (χ3n) is 4.44. The number of rotatable bonds is 6. The number of aryl methyl sites for hydroxylation is 2. The van der Waals surface area contributed by atoms with Gasteiger partial charge in [0.15, 0.2) is 0 Å². The number of anilines is 1. The normalized spacial score (nSPS) is 21.6. The van der Waals surface area contributed by atoms with Gasteiger partial charge in [-0.1, -0.05) is 19.8 Å². The molecule has 1 saturated carbocycles. The van der Waals surface area contributed by atoms with Crippen molar-refractivity contribution in [3.05, 3.63) is 11.8 Å². The topological polar surface area (TPSA) is 79.2 Å². The van der Waals surface area contributed by atoms with Crippen molar-refractivity contribution in [3.63, 3.8) is 0 Å². The molecule has 1 aliphatic rings. The van der Waals surface area contributed by atoms with Crippen LogP contribution < -0.4 is 10.6 Å². The molecule has 1 aliphatic carbocycles. The summed E-state index contributed by atoms with van der Waals surface area (Å²) in [6.45, 7) is 2.67. The molecule has 22 heavy (non-hydrogen) atoms. The lowest BCUT2D eigenvalue weighted by atomic mass is 9.83. The molecule has 124 valence electrons. The van der Waals surface area contributed by atoms with E-state index in [1.807, 2.05) is 20.0 Å². The first-order chi connectivity index (χ1) is 10.6. The molecule has 0 saturated heterocycles. The monoisotopic (exact) mass is 308 g/mol. The highest BCUT2D eigenvalue weighted by Crippen LogP contribution is 2.27. The van der Waals surface area contributed by atoms with Gasteiger partial charge in [-0.15, -0.1) is 0 Å². The van der Waals surface area contributed by atoms with Gasteiger partial charge in [0.25, 0.3) is 0 Å². The standard InChI is InChI=1S/C16H28N4O2/c1-3-13-11-15(20(2)19-13)18-16(22)17-10-6-8-12-7-4-5-9-14(12)21/h11-12,14,21H,3-10H2,1-2H3,(H2,17,18,22). The summed E-state index contributed by atoms with van der Waals surface area (Å²) >= 11 is 0. The van der Waals surface area contributed by atoms with Crippen LogP contribution in [0.2, 0.25) is 0 Å². The molecule has 3 N–H and O–H groups in total. The van der Waals surface area contributed by atoms with E-state index in [1.165, 1.54) is 6.42 Å². The van der Waals surface area contributed by atoms with Crippen LogP contribution in [0.3, 0.4) is 0 Å². The minimum absolute atomic E-state index is 0.149. The number of hydrogen-bond donors (Lipinski definition) is 3. The predicted molar refractivity (Wildman–Crippen MR) is 86.8 cm³/mol. The number of aromatic nitrogens is 2. The maximum absolute atomic E-state index is 11.9. The molecule has 1 aromatic rings. The van der Waals surface area contributed by atoms with E-state index in [0.29, 0.717) is 18.3 Å². The van der Waals surface area contributed by atoms with Crippen molar-refractivity contribution in [2.24, 2.45) is 13.0 Å². The second kappa shape index (κ2) is 8.17. The number of nitrogens with zero attached hydrogens (tertiary/aromatic N) is 2. The Kier molecular flexibility index (Phi) is 6.24. The van der Waals surface area contributed by atoms with Crippen molar-refractivity contribution in [2.45, 2.75) is 58.0 Å². The number of carbonyl (C=O) groups excluding carboxylic acids is 1. The van der Waals surface area contributed by atoms with Crippen molar-refractivity contribution >= 4 is 11.8 Å². The Bertz CT molecular complexity index is 486. The smallest absolute Gasteiger partial charge is 0.320 e. The maximum Gasteiger partial charge on any atom is 0.320 e. The van der Waals surface area contributed by atoms with Gasteiger partial charge in [0, 0.05) is 19.7 Å². The molecule has 2 unspecified atom stereocenters. The zero-order chi connectivity index (χ0) is 15.9. The van der Waals surface area contributed by atoms with E-state index in [9.17, 15) is 9.90 Å². The van der Waals surface area contributed by atoms with Gasteiger partial charge in [0.05, 0.1) is 11.8 Å². The molecule has 6 heteroatoms. The fourth-order valence-corrected chi connectivity index (χ4v) is 3.07. The Hall–Kier alpha value is -1.56. The summed E-state index contributed by atoms with van der Waals surface area (Å²) in [6.07, 6.45) is 6.98. The first kappa shape index (κ1) is 16.8. The zero-order valence-electron chi connectivity index (χ0n) is 13.6. The van der Waals surface area contributed by atoms with E-state index in [4.69, 9.17) is 0 Å². The summed E-state index contributed by atoms with van der Waals surface area (Å²) in [4.78, 5) is 11.9. The van der Waals surface area contributed by atoms with Crippen molar-refractivity contribution in [2.75, 3.05) is 11.9 Å². The molecule has 2 rings (SSSR count). The summed E-state index contributed by atoms with van der Waals surface area (Å²) in [5.74, 6) is 1.11. The zero-order valence-corrected chi connectivity index (χ0v) is 13.6.